The van der Waals surface area contributed by atoms with Crippen molar-refractivity contribution in [3.8, 4) is 0 Å². The lowest BCUT2D eigenvalue weighted by Gasteiger charge is -2.21. The van der Waals surface area contributed by atoms with Gasteiger partial charge in [-0.25, -0.2) is 4.98 Å². The summed E-state index contributed by atoms with van der Waals surface area (Å²) >= 11 is 0. The zero-order chi connectivity index (χ0) is 16.5. The van der Waals surface area contributed by atoms with E-state index < -0.39 is 0 Å². The molecule has 2 aliphatic rings. The van der Waals surface area contributed by atoms with Crippen molar-refractivity contribution in [2.45, 2.75) is 51.5 Å². The summed E-state index contributed by atoms with van der Waals surface area (Å²) in [6, 6.07) is 5.37. The second-order valence-corrected chi connectivity index (χ2v) is 6.88. The van der Waals surface area contributed by atoms with Crippen molar-refractivity contribution in [1.29, 1.82) is 0 Å². The Labute approximate surface area is 141 Å². The lowest BCUT2D eigenvalue weighted by molar-refractivity contribution is 0.0762. The highest BCUT2D eigenvalue weighted by molar-refractivity contribution is 5.97. The molecule has 0 unspecified atom stereocenters. The number of carbonyl (C=O) groups excluding carboxylic acids is 1. The predicted molar refractivity (Wildman–Crippen MR) is 93.3 cm³/mol. The van der Waals surface area contributed by atoms with E-state index in [1.165, 1.54) is 12.8 Å². The summed E-state index contributed by atoms with van der Waals surface area (Å²) in [5, 5.41) is 0.619. The lowest BCUT2D eigenvalue weighted by Crippen LogP contribution is -2.32. The molecule has 1 saturated heterocycles. The molecule has 1 fully saturated rings. The van der Waals surface area contributed by atoms with Gasteiger partial charge in [-0.2, -0.15) is 0 Å². The maximum Gasteiger partial charge on any atom is 0.261 e. The van der Waals surface area contributed by atoms with Crippen molar-refractivity contribution >= 4 is 16.8 Å². The number of hydrogen-bond donors (Lipinski definition) is 0. The zero-order valence-corrected chi connectivity index (χ0v) is 14.0. The maximum atomic E-state index is 12.8. The molecule has 24 heavy (non-hydrogen) atoms. The van der Waals surface area contributed by atoms with Gasteiger partial charge in [-0.05, 0) is 43.9 Å². The Bertz CT molecular complexity index is 832. The van der Waals surface area contributed by atoms with Crippen LogP contribution in [0.3, 0.4) is 0 Å². The number of rotatable bonds is 1. The molecular weight excluding hydrogens is 302 g/mol. The topological polar surface area (TPSA) is 55.2 Å². The average Bonchev–Trinajstić information content (AvgIpc) is 2.90. The van der Waals surface area contributed by atoms with Gasteiger partial charge in [0.15, 0.2) is 0 Å². The first-order valence-corrected chi connectivity index (χ1v) is 9.07. The predicted octanol–water partition coefficient (Wildman–Crippen LogP) is 2.75. The molecule has 3 heterocycles. The fraction of sp³-hybridized carbons (Fsp3) is 0.526. The van der Waals surface area contributed by atoms with Gasteiger partial charge in [0, 0.05) is 31.6 Å². The van der Waals surface area contributed by atoms with Gasteiger partial charge < -0.3 is 4.90 Å². The van der Waals surface area contributed by atoms with E-state index in [-0.39, 0.29) is 11.5 Å². The molecule has 0 saturated carbocycles. The van der Waals surface area contributed by atoms with Crippen LogP contribution in [0.4, 0.5) is 0 Å². The fourth-order valence-electron chi connectivity index (χ4n) is 3.83. The van der Waals surface area contributed by atoms with Gasteiger partial charge in [0.25, 0.3) is 11.5 Å². The first-order chi connectivity index (χ1) is 11.7. The zero-order valence-electron chi connectivity index (χ0n) is 14.0. The smallest absolute Gasteiger partial charge is 0.261 e. The Morgan fingerprint density at radius 2 is 1.71 bits per heavy atom. The van der Waals surface area contributed by atoms with Gasteiger partial charge >= 0.3 is 0 Å². The minimum atomic E-state index is 0.0310. The van der Waals surface area contributed by atoms with Crippen LogP contribution in [0, 0.1) is 0 Å². The third-order valence-electron chi connectivity index (χ3n) is 5.21. The summed E-state index contributed by atoms with van der Waals surface area (Å²) < 4.78 is 1.79. The molecule has 1 amide bonds. The molecule has 0 bridgehead atoms. The van der Waals surface area contributed by atoms with E-state index in [4.69, 9.17) is 0 Å². The van der Waals surface area contributed by atoms with Crippen molar-refractivity contribution in [2.24, 2.45) is 0 Å². The van der Waals surface area contributed by atoms with E-state index >= 15 is 0 Å². The summed E-state index contributed by atoms with van der Waals surface area (Å²) in [4.78, 5) is 32.0. The molecular formula is C19H23N3O2. The van der Waals surface area contributed by atoms with E-state index in [0.717, 1.165) is 57.6 Å². The number of likely N-dealkylation sites (tertiary alicyclic amines) is 1. The van der Waals surface area contributed by atoms with Crippen LogP contribution < -0.4 is 5.56 Å². The van der Waals surface area contributed by atoms with E-state index in [2.05, 4.69) is 4.98 Å². The second kappa shape index (κ2) is 6.38. The molecule has 2 aromatic rings. The maximum absolute atomic E-state index is 12.8. The van der Waals surface area contributed by atoms with Crippen LogP contribution in [0.25, 0.3) is 10.9 Å². The van der Waals surface area contributed by atoms with Crippen LogP contribution >= 0.6 is 0 Å². The number of nitrogens with zero attached hydrogens (tertiary/aromatic N) is 3. The number of fused-ring (bicyclic) bond motifs is 2. The van der Waals surface area contributed by atoms with E-state index in [0.29, 0.717) is 16.5 Å². The SMILES string of the molecule is O=C(c1ccc2c(=O)n3c(nc2c1)CCCC3)N1CCCCCC1. The van der Waals surface area contributed by atoms with E-state index in [9.17, 15) is 9.59 Å². The highest BCUT2D eigenvalue weighted by atomic mass is 16.2. The number of amides is 1. The third-order valence-corrected chi connectivity index (χ3v) is 5.21. The number of aryl methyl sites for hydroxylation is 1. The largest absolute Gasteiger partial charge is 0.339 e. The van der Waals surface area contributed by atoms with Crippen molar-refractivity contribution in [3.05, 3.63) is 39.9 Å². The molecule has 0 spiro atoms. The molecule has 1 aromatic carbocycles. The minimum absolute atomic E-state index is 0.0310. The number of aromatic nitrogens is 2. The van der Waals surface area contributed by atoms with Crippen molar-refractivity contribution in [3.63, 3.8) is 0 Å². The normalized spacial score (nSPS) is 18.2. The van der Waals surface area contributed by atoms with Gasteiger partial charge in [0.05, 0.1) is 10.9 Å². The molecule has 2 aliphatic heterocycles. The summed E-state index contributed by atoms with van der Waals surface area (Å²) in [6.45, 7) is 2.42. The second-order valence-electron chi connectivity index (χ2n) is 6.88. The van der Waals surface area contributed by atoms with Crippen molar-refractivity contribution < 1.29 is 4.79 Å². The molecule has 0 N–H and O–H groups in total. The summed E-state index contributed by atoms with van der Waals surface area (Å²) in [6.07, 6.45) is 7.50. The molecule has 0 atom stereocenters. The first kappa shape index (κ1) is 15.4. The first-order valence-electron chi connectivity index (χ1n) is 9.07. The highest BCUT2D eigenvalue weighted by Crippen LogP contribution is 2.18. The van der Waals surface area contributed by atoms with Crippen LogP contribution in [-0.4, -0.2) is 33.4 Å². The molecule has 0 radical (unpaired) electrons. The Kier molecular flexibility index (Phi) is 4.08. The molecule has 5 heteroatoms. The molecule has 1 aromatic heterocycles. The van der Waals surface area contributed by atoms with Crippen LogP contribution in [0.1, 0.15) is 54.7 Å². The Hall–Kier alpha value is -2.17. The Morgan fingerprint density at radius 1 is 0.958 bits per heavy atom. The lowest BCUT2D eigenvalue weighted by atomic mass is 10.1. The fourth-order valence-corrected chi connectivity index (χ4v) is 3.83. The van der Waals surface area contributed by atoms with Gasteiger partial charge in [0.2, 0.25) is 0 Å². The summed E-state index contributed by atoms with van der Waals surface area (Å²) in [5.74, 6) is 0.927. The number of benzene rings is 1. The standard InChI is InChI=1S/C19H23N3O2/c23-18(21-10-4-1-2-5-11-21)14-8-9-15-16(13-14)20-17-7-3-6-12-22(17)19(15)24/h8-9,13H,1-7,10-12H2. The number of carbonyl (C=O) groups is 1. The number of hydrogen-bond acceptors (Lipinski definition) is 3. The summed E-state index contributed by atoms with van der Waals surface area (Å²) in [5.41, 5.74) is 1.34. The molecule has 0 aliphatic carbocycles. The minimum Gasteiger partial charge on any atom is -0.339 e. The Morgan fingerprint density at radius 3 is 2.50 bits per heavy atom. The molecule has 4 rings (SSSR count). The van der Waals surface area contributed by atoms with E-state index in [1.807, 2.05) is 4.90 Å². The average molecular weight is 325 g/mol. The van der Waals surface area contributed by atoms with Gasteiger partial charge in [-0.15, -0.1) is 0 Å². The van der Waals surface area contributed by atoms with Crippen LogP contribution in [0.15, 0.2) is 23.0 Å². The van der Waals surface area contributed by atoms with Gasteiger partial charge in [-0.3, -0.25) is 14.2 Å². The highest BCUT2D eigenvalue weighted by Gasteiger charge is 2.19. The molecule has 126 valence electrons. The summed E-state index contributed by atoms with van der Waals surface area (Å²) in [7, 11) is 0. The van der Waals surface area contributed by atoms with Crippen LogP contribution in [-0.2, 0) is 13.0 Å². The van der Waals surface area contributed by atoms with Crippen LogP contribution in [0.5, 0.6) is 0 Å². The molecule has 5 nitrogen and oxygen atoms in total. The third kappa shape index (κ3) is 2.72. The van der Waals surface area contributed by atoms with E-state index in [1.54, 1.807) is 22.8 Å². The van der Waals surface area contributed by atoms with Crippen molar-refractivity contribution in [2.75, 3.05) is 13.1 Å². The quantitative estimate of drug-likeness (QED) is 0.810. The van der Waals surface area contributed by atoms with Crippen molar-refractivity contribution in [1.82, 2.24) is 14.5 Å². The monoisotopic (exact) mass is 325 g/mol. The van der Waals surface area contributed by atoms with Crippen LogP contribution in [0.2, 0.25) is 0 Å². The Balaban J connectivity index is 1.72. The van der Waals surface area contributed by atoms with Gasteiger partial charge in [0.1, 0.15) is 5.82 Å². The van der Waals surface area contributed by atoms with Gasteiger partial charge in [-0.1, -0.05) is 12.8 Å².